The summed E-state index contributed by atoms with van der Waals surface area (Å²) >= 11 is 1.76. The standard InChI is InChI=1S/C45H27N3S2/c1-2-12-28(13-3-1)29-14-10-15-30(26-29)32-16-4-5-18-34(32)44-46-43(31-24-25-40-37(27-31)33-17-6-8-21-38(33)49-40)47-45(48-44)36-20-11-23-41-42(36)35-19-7-9-22-39(35)50-41/h1-27H/i6D,7D,8D,9D,11D,17D,19D,20D,21D,22D,23D,24D,25D,27D. The van der Waals surface area contributed by atoms with Crippen LogP contribution in [0.4, 0.5) is 0 Å². The van der Waals surface area contributed by atoms with Crippen LogP contribution in [0.25, 0.3) is 96.8 Å². The molecule has 10 aromatic rings. The third kappa shape index (κ3) is 4.90. The van der Waals surface area contributed by atoms with Crippen LogP contribution >= 0.6 is 22.7 Å². The van der Waals surface area contributed by atoms with E-state index < -0.39 is 60.4 Å². The molecule has 0 spiro atoms. The molecule has 0 aliphatic heterocycles. The second kappa shape index (κ2) is 11.8. The summed E-state index contributed by atoms with van der Waals surface area (Å²) < 4.78 is 124. The summed E-state index contributed by atoms with van der Waals surface area (Å²) in [5.41, 5.74) is 3.34. The highest BCUT2D eigenvalue weighted by Crippen LogP contribution is 2.41. The number of benzene rings is 7. The molecule has 10 rings (SSSR count). The van der Waals surface area contributed by atoms with Gasteiger partial charge in [-0.3, -0.25) is 0 Å². The second-order valence-electron chi connectivity index (χ2n) is 11.3. The van der Waals surface area contributed by atoms with Gasteiger partial charge in [0.1, 0.15) is 0 Å². The van der Waals surface area contributed by atoms with E-state index in [-0.39, 0.29) is 93.1 Å². The van der Waals surface area contributed by atoms with E-state index >= 15 is 0 Å². The van der Waals surface area contributed by atoms with Crippen molar-refractivity contribution in [3.63, 3.8) is 0 Å². The SMILES string of the molecule is [2H]c1c([2H])c([2H])c2c(sc3c([2H])c([2H])c(-c4nc(-c5ccccc5-c5cccc(-c6ccccc6)c5)nc(-c5c([2H])c([2H])c([2H])c6sc7c([2H])c([2H])c([2H])c([2H])c7c56)n4)c([2H])c32)c1[2H]. The summed E-state index contributed by atoms with van der Waals surface area (Å²) in [6, 6.07) is 18.5. The zero-order chi connectivity index (χ0) is 45.2. The van der Waals surface area contributed by atoms with E-state index in [1.807, 2.05) is 66.7 Å². The minimum absolute atomic E-state index is 0.0000361. The highest BCUT2D eigenvalue weighted by Gasteiger charge is 2.19. The van der Waals surface area contributed by atoms with Crippen LogP contribution in [0, 0.1) is 0 Å². The zero-order valence-corrected chi connectivity index (χ0v) is 27.3. The molecule has 5 heteroatoms. The summed E-state index contributed by atoms with van der Waals surface area (Å²) in [7, 11) is 0. The number of fused-ring (bicyclic) bond motifs is 6. The lowest BCUT2D eigenvalue weighted by atomic mass is 9.95. The molecule has 0 bridgehead atoms. The maximum Gasteiger partial charge on any atom is 0.164 e. The van der Waals surface area contributed by atoms with Gasteiger partial charge < -0.3 is 0 Å². The lowest BCUT2D eigenvalue weighted by Crippen LogP contribution is -2.01. The molecule has 3 heterocycles. The molecule has 0 N–H and O–H groups in total. The van der Waals surface area contributed by atoms with Gasteiger partial charge in [0, 0.05) is 57.0 Å². The molecule has 0 radical (unpaired) electrons. The van der Waals surface area contributed by atoms with Crippen molar-refractivity contribution in [2.45, 2.75) is 0 Å². The van der Waals surface area contributed by atoms with E-state index in [0.717, 1.165) is 39.4 Å². The predicted molar refractivity (Wildman–Crippen MR) is 213 cm³/mol. The van der Waals surface area contributed by atoms with E-state index in [1.54, 1.807) is 12.1 Å². The van der Waals surface area contributed by atoms with Crippen molar-refractivity contribution in [3.8, 4) is 56.4 Å². The van der Waals surface area contributed by atoms with Gasteiger partial charge in [-0.25, -0.2) is 15.0 Å². The first kappa shape index (κ1) is 18.1. The molecule has 50 heavy (non-hydrogen) atoms. The van der Waals surface area contributed by atoms with E-state index in [1.165, 1.54) is 0 Å². The lowest BCUT2D eigenvalue weighted by molar-refractivity contribution is 1.08. The minimum atomic E-state index is -0.546. The van der Waals surface area contributed by atoms with Crippen molar-refractivity contribution in [3.05, 3.63) is 163 Å². The minimum Gasteiger partial charge on any atom is -0.208 e. The number of nitrogens with zero attached hydrogens (tertiary/aromatic N) is 3. The van der Waals surface area contributed by atoms with Crippen molar-refractivity contribution in [2.24, 2.45) is 0 Å². The number of thiophene rings is 2. The monoisotopic (exact) mass is 687 g/mol. The number of hydrogen-bond acceptors (Lipinski definition) is 5. The third-order valence-corrected chi connectivity index (χ3v) is 10.4. The number of rotatable bonds is 5. The summed E-state index contributed by atoms with van der Waals surface area (Å²) in [5, 5.41) is 0.0437. The van der Waals surface area contributed by atoms with Crippen LogP contribution in [0.2, 0.25) is 0 Å². The predicted octanol–water partition coefficient (Wildman–Crippen LogP) is 12.9. The molecule has 0 saturated heterocycles. The largest absolute Gasteiger partial charge is 0.208 e. The van der Waals surface area contributed by atoms with Crippen LogP contribution in [-0.2, 0) is 0 Å². The molecule has 0 fully saturated rings. The molecular weight excluding hydrogens is 647 g/mol. The Morgan fingerprint density at radius 3 is 1.88 bits per heavy atom. The van der Waals surface area contributed by atoms with Gasteiger partial charge >= 0.3 is 0 Å². The van der Waals surface area contributed by atoms with Gasteiger partial charge in [-0.1, -0.05) is 121 Å². The molecule has 3 aromatic heterocycles. The molecule has 0 atom stereocenters. The Morgan fingerprint density at radius 2 is 1.02 bits per heavy atom. The van der Waals surface area contributed by atoms with E-state index in [9.17, 15) is 5.48 Å². The van der Waals surface area contributed by atoms with Crippen molar-refractivity contribution in [1.29, 1.82) is 0 Å². The van der Waals surface area contributed by atoms with Crippen LogP contribution in [0.3, 0.4) is 0 Å². The van der Waals surface area contributed by atoms with Crippen molar-refractivity contribution in [1.82, 2.24) is 15.0 Å². The molecule has 3 nitrogen and oxygen atoms in total. The van der Waals surface area contributed by atoms with Crippen LogP contribution in [0.1, 0.15) is 19.2 Å². The average molecular weight is 688 g/mol. The first-order valence-corrected chi connectivity index (χ1v) is 17.1. The van der Waals surface area contributed by atoms with Crippen LogP contribution in [0.15, 0.2) is 163 Å². The normalized spacial score (nSPS) is 15.5. The van der Waals surface area contributed by atoms with Crippen LogP contribution in [0.5, 0.6) is 0 Å². The fraction of sp³-hybridized carbons (Fsp3) is 0. The quantitative estimate of drug-likeness (QED) is 0.181. The van der Waals surface area contributed by atoms with Crippen molar-refractivity contribution in [2.75, 3.05) is 0 Å². The lowest BCUT2D eigenvalue weighted by Gasteiger charge is -2.13. The summed E-state index contributed by atoms with van der Waals surface area (Å²) in [5.74, 6) is -0.599. The number of aromatic nitrogens is 3. The van der Waals surface area contributed by atoms with E-state index in [4.69, 9.17) is 28.7 Å². The van der Waals surface area contributed by atoms with E-state index in [2.05, 4.69) is 0 Å². The molecule has 0 unspecified atom stereocenters. The first-order chi connectivity index (χ1) is 30.6. The fourth-order valence-corrected chi connectivity index (χ4v) is 7.98. The maximum absolute atomic E-state index is 9.63. The smallest absolute Gasteiger partial charge is 0.164 e. The van der Waals surface area contributed by atoms with Gasteiger partial charge in [-0.15, -0.1) is 22.7 Å². The first-order valence-electron chi connectivity index (χ1n) is 22.5. The van der Waals surface area contributed by atoms with E-state index in [0.29, 0.717) is 11.1 Å². The average Bonchev–Trinajstić information content (AvgIpc) is 3.92. The van der Waals surface area contributed by atoms with Gasteiger partial charge in [-0.05, 0) is 64.6 Å². The molecule has 7 aromatic carbocycles. The summed E-state index contributed by atoms with van der Waals surface area (Å²) in [6.45, 7) is 0. The van der Waals surface area contributed by atoms with Gasteiger partial charge in [0.2, 0.25) is 0 Å². The Balaban J connectivity index is 1.34. The van der Waals surface area contributed by atoms with Gasteiger partial charge in [0.15, 0.2) is 17.5 Å². The van der Waals surface area contributed by atoms with Crippen molar-refractivity contribution < 1.29 is 19.2 Å². The third-order valence-electron chi connectivity index (χ3n) is 8.36. The Hall–Kier alpha value is -6.01. The molecule has 234 valence electrons. The Bertz CT molecular complexity index is 3680. The Morgan fingerprint density at radius 1 is 0.400 bits per heavy atom. The molecule has 0 saturated carbocycles. The topological polar surface area (TPSA) is 38.7 Å². The van der Waals surface area contributed by atoms with Gasteiger partial charge in [-0.2, -0.15) is 0 Å². The number of hydrogen-bond donors (Lipinski definition) is 0. The highest BCUT2D eigenvalue weighted by molar-refractivity contribution is 7.26. The Kier molecular flexibility index (Phi) is 4.29. The molecule has 0 aliphatic rings. The highest BCUT2D eigenvalue weighted by atomic mass is 32.1. The summed E-state index contributed by atoms with van der Waals surface area (Å²) in [6.07, 6.45) is 0. The van der Waals surface area contributed by atoms with Gasteiger partial charge in [0.05, 0.1) is 19.2 Å². The second-order valence-corrected chi connectivity index (χ2v) is 13.4. The maximum atomic E-state index is 9.63. The van der Waals surface area contributed by atoms with Crippen molar-refractivity contribution >= 4 is 63.0 Å². The van der Waals surface area contributed by atoms with Gasteiger partial charge in [0.25, 0.3) is 0 Å². The van der Waals surface area contributed by atoms with Crippen LogP contribution < -0.4 is 0 Å². The fourth-order valence-electron chi connectivity index (χ4n) is 6.09. The Labute approximate surface area is 316 Å². The molecular formula is C45H27N3S2. The summed E-state index contributed by atoms with van der Waals surface area (Å²) in [4.78, 5) is 14.6. The molecule has 0 amide bonds. The zero-order valence-electron chi connectivity index (χ0n) is 39.7. The molecule has 0 aliphatic carbocycles. The van der Waals surface area contributed by atoms with Crippen LogP contribution in [-0.4, -0.2) is 15.0 Å².